The van der Waals surface area contributed by atoms with Crippen molar-refractivity contribution in [3.63, 3.8) is 0 Å². The number of carbonyl (C=O) groups is 8. The van der Waals surface area contributed by atoms with Crippen LogP contribution in [0.25, 0.3) is 0 Å². The van der Waals surface area contributed by atoms with Gasteiger partial charge >= 0.3 is 23.9 Å². The monoisotopic (exact) mass is 932 g/mol. The molecule has 4 amide bonds. The third-order valence-electron chi connectivity index (χ3n) is 12.8. The molecule has 1 aromatic carbocycles. The van der Waals surface area contributed by atoms with Gasteiger partial charge in [0.1, 0.15) is 29.5 Å². The number of nitrogens with two attached hydrogens (primary N) is 1. The Hall–Kier alpha value is -5.26. The van der Waals surface area contributed by atoms with E-state index in [1.54, 1.807) is 0 Å². The van der Waals surface area contributed by atoms with E-state index in [1.165, 1.54) is 38.5 Å². The van der Waals surface area contributed by atoms with E-state index < -0.39 is 110 Å². The summed E-state index contributed by atoms with van der Waals surface area (Å²) in [6.45, 7) is 17.0. The van der Waals surface area contributed by atoms with Crippen molar-refractivity contribution in [2.45, 2.75) is 201 Å². The number of carboxylic acids is 4. The normalized spacial score (nSPS) is 17.2. The van der Waals surface area contributed by atoms with Crippen LogP contribution in [0.1, 0.15) is 166 Å². The molecule has 10 N–H and O–H groups in total. The lowest BCUT2D eigenvalue weighted by Gasteiger charge is -2.39. The third kappa shape index (κ3) is 19.7. The zero-order chi connectivity index (χ0) is 49.9. The molecular formula is C48H77N5O13. The lowest BCUT2D eigenvalue weighted by molar-refractivity contribution is -0.140. The number of hydrogen-bond acceptors (Lipinski definition) is 10. The lowest BCUT2D eigenvalue weighted by Crippen LogP contribution is -2.57. The molecule has 1 heterocycles. The summed E-state index contributed by atoms with van der Waals surface area (Å²) in [6, 6.07) is -6.09. The van der Waals surface area contributed by atoms with Crippen LogP contribution in [0, 0.1) is 38.5 Å². The van der Waals surface area contributed by atoms with E-state index in [4.69, 9.17) is 15.6 Å². The fraction of sp³-hybridized carbons (Fsp3) is 0.708. The lowest BCUT2D eigenvalue weighted by atomic mass is 9.82. The molecule has 2 rings (SSSR count). The molecule has 0 bridgehead atoms. The molecule has 0 aliphatic carbocycles. The molecule has 0 unspecified atom stereocenters. The van der Waals surface area contributed by atoms with Crippen LogP contribution in [0.15, 0.2) is 0 Å². The Morgan fingerprint density at radius 1 is 0.576 bits per heavy atom. The van der Waals surface area contributed by atoms with Crippen molar-refractivity contribution >= 4 is 53.2 Å². The molecule has 0 spiro atoms. The molecule has 7 atom stereocenters. The fourth-order valence-corrected chi connectivity index (χ4v) is 8.26. The van der Waals surface area contributed by atoms with Crippen LogP contribution >= 0.6 is 0 Å². The summed E-state index contributed by atoms with van der Waals surface area (Å²) in [4.78, 5) is 99.7. The number of aliphatic carboxylic acids is 4. The van der Waals surface area contributed by atoms with Gasteiger partial charge in [-0.1, -0.05) is 66.2 Å². The molecule has 18 heteroatoms. The highest BCUT2D eigenvalue weighted by Crippen LogP contribution is 2.44. The first kappa shape index (κ1) is 56.9. The maximum atomic E-state index is 14.0. The quantitative estimate of drug-likeness (QED) is 0.0418. The van der Waals surface area contributed by atoms with Crippen LogP contribution in [0.2, 0.25) is 0 Å². The fourth-order valence-electron chi connectivity index (χ4n) is 8.26. The highest BCUT2D eigenvalue weighted by molar-refractivity contribution is 6.00. The number of benzene rings is 1. The van der Waals surface area contributed by atoms with Crippen molar-refractivity contribution in [3.8, 4) is 5.75 Å². The highest BCUT2D eigenvalue weighted by Gasteiger charge is 2.36. The summed E-state index contributed by atoms with van der Waals surface area (Å²) in [6.07, 6.45) is 6.95. The van der Waals surface area contributed by atoms with Gasteiger partial charge in [-0.05, 0) is 119 Å². The van der Waals surface area contributed by atoms with Crippen LogP contribution < -0.4 is 31.7 Å². The van der Waals surface area contributed by atoms with E-state index in [0.29, 0.717) is 23.6 Å². The standard InChI is InChI=1S/C48H77N5O13/c1-27(2)11-9-12-28(3)13-10-14-29(4)23-25-48(8)26-24-33-32(7)42(30(5)31(6)43(33)66-48)53-47(65)37(18-22-41(60)61)52-46(64)36(17-21-40(58)59)51-45(63)35(16-20-39(56)57)50-44(62)34(49)15-19-38(54)55/h27-29,34-37H,9-26,49H2,1-8H3,(H,50,62)(H,51,63)(H,52,64)(H,53,65)(H,54,55)(H,56,57)(H,58,59)(H,60,61)/t28-,29-,34-,35-,36-,37-,48+/m0/s1. The maximum absolute atomic E-state index is 14.0. The first-order valence-corrected chi connectivity index (χ1v) is 23.5. The highest BCUT2D eigenvalue weighted by atomic mass is 16.5. The Labute approximate surface area is 389 Å². The van der Waals surface area contributed by atoms with Crippen LogP contribution in [-0.4, -0.2) is 97.7 Å². The first-order valence-electron chi connectivity index (χ1n) is 23.5. The van der Waals surface area contributed by atoms with Crippen molar-refractivity contribution < 1.29 is 63.5 Å². The van der Waals surface area contributed by atoms with Crippen molar-refractivity contribution in [1.29, 1.82) is 0 Å². The number of rotatable bonds is 31. The summed E-state index contributed by atoms with van der Waals surface area (Å²) in [5.74, 6) is -6.18. The van der Waals surface area contributed by atoms with Gasteiger partial charge in [-0.25, -0.2) is 0 Å². The molecule has 372 valence electrons. The summed E-state index contributed by atoms with van der Waals surface area (Å²) >= 11 is 0. The third-order valence-corrected chi connectivity index (χ3v) is 12.8. The van der Waals surface area contributed by atoms with E-state index in [-0.39, 0.29) is 18.4 Å². The second-order valence-electron chi connectivity index (χ2n) is 19.1. The zero-order valence-corrected chi connectivity index (χ0v) is 40.3. The maximum Gasteiger partial charge on any atom is 0.303 e. The number of carboxylic acid groups (broad SMARTS) is 4. The van der Waals surface area contributed by atoms with Crippen molar-refractivity contribution in [2.75, 3.05) is 5.32 Å². The Morgan fingerprint density at radius 2 is 1.00 bits per heavy atom. The van der Waals surface area contributed by atoms with Crippen LogP contribution in [0.3, 0.4) is 0 Å². The van der Waals surface area contributed by atoms with Crippen molar-refractivity contribution in [2.24, 2.45) is 23.5 Å². The predicted molar refractivity (Wildman–Crippen MR) is 248 cm³/mol. The molecule has 18 nitrogen and oxygen atoms in total. The van der Waals surface area contributed by atoms with E-state index in [9.17, 15) is 53.7 Å². The minimum absolute atomic E-state index is 0.298. The number of fused-ring (bicyclic) bond motifs is 1. The number of carbonyl (C=O) groups excluding carboxylic acids is 4. The van der Waals surface area contributed by atoms with Crippen molar-refractivity contribution in [1.82, 2.24) is 16.0 Å². The van der Waals surface area contributed by atoms with E-state index >= 15 is 0 Å². The Bertz CT molecular complexity index is 1870. The van der Waals surface area contributed by atoms with E-state index in [2.05, 4.69) is 55.9 Å². The average molecular weight is 932 g/mol. The van der Waals surface area contributed by atoms with Gasteiger partial charge in [-0.15, -0.1) is 0 Å². The van der Waals surface area contributed by atoms with Gasteiger partial charge in [0.25, 0.3) is 0 Å². The number of nitrogens with one attached hydrogen (secondary N) is 4. The van der Waals surface area contributed by atoms with Crippen LogP contribution in [0.5, 0.6) is 5.75 Å². The molecular weight excluding hydrogens is 855 g/mol. The average Bonchev–Trinajstić information content (AvgIpc) is 3.23. The summed E-state index contributed by atoms with van der Waals surface area (Å²) < 4.78 is 6.80. The van der Waals surface area contributed by atoms with Gasteiger partial charge in [-0.2, -0.15) is 0 Å². The molecule has 1 aromatic rings. The SMILES string of the molecule is Cc1c(C)c2c(c(C)c1NC(=O)[C@H](CCC(=O)O)NC(=O)[C@H](CCC(=O)O)NC(=O)[C@H](CCC(=O)O)NC(=O)[C@@H](N)CCC(=O)O)CC[C@@](C)(CC[C@@H](C)CCC[C@@H](C)CCCC(C)C)O2. The van der Waals surface area contributed by atoms with Gasteiger partial charge in [-0.3, -0.25) is 38.4 Å². The summed E-state index contributed by atoms with van der Waals surface area (Å²) in [5.41, 5.74) is 9.09. The van der Waals surface area contributed by atoms with Crippen LogP contribution in [0.4, 0.5) is 5.69 Å². The second-order valence-corrected chi connectivity index (χ2v) is 19.1. The zero-order valence-electron chi connectivity index (χ0n) is 40.3. The molecule has 0 fully saturated rings. The van der Waals surface area contributed by atoms with Gasteiger partial charge in [0, 0.05) is 31.4 Å². The summed E-state index contributed by atoms with van der Waals surface area (Å²) in [7, 11) is 0. The predicted octanol–water partition coefficient (Wildman–Crippen LogP) is 5.92. The Kier molecular flexibility index (Phi) is 23.6. The smallest absolute Gasteiger partial charge is 0.303 e. The van der Waals surface area contributed by atoms with E-state index in [1.807, 2.05) is 20.8 Å². The molecule has 0 saturated carbocycles. The number of anilines is 1. The Morgan fingerprint density at radius 3 is 1.47 bits per heavy atom. The molecule has 0 aromatic heterocycles. The molecule has 0 radical (unpaired) electrons. The van der Waals surface area contributed by atoms with Gasteiger partial charge in [0.2, 0.25) is 23.6 Å². The minimum atomic E-state index is -1.64. The number of hydrogen-bond donors (Lipinski definition) is 9. The topological polar surface area (TPSA) is 301 Å². The van der Waals surface area contributed by atoms with Gasteiger partial charge in [0.05, 0.1) is 6.04 Å². The second kappa shape index (κ2) is 27.4. The van der Waals surface area contributed by atoms with E-state index in [0.717, 1.165) is 53.5 Å². The molecule has 1 aliphatic heterocycles. The largest absolute Gasteiger partial charge is 0.487 e. The molecule has 0 saturated heterocycles. The van der Waals surface area contributed by atoms with Gasteiger partial charge < -0.3 is 52.2 Å². The first-order chi connectivity index (χ1) is 30.8. The number of ether oxygens (including phenoxy) is 1. The Balaban J connectivity index is 2.26. The molecule has 1 aliphatic rings. The van der Waals surface area contributed by atoms with Gasteiger partial charge in [0.15, 0.2) is 0 Å². The molecule has 66 heavy (non-hydrogen) atoms. The summed E-state index contributed by atoms with van der Waals surface area (Å²) in [5, 5.41) is 47.2. The number of amides is 4. The minimum Gasteiger partial charge on any atom is -0.487 e. The van der Waals surface area contributed by atoms with Crippen molar-refractivity contribution in [3.05, 3.63) is 22.3 Å². The van der Waals surface area contributed by atoms with Crippen LogP contribution in [-0.2, 0) is 44.8 Å².